The molecule has 1 N–H and O–H groups in total. The quantitative estimate of drug-likeness (QED) is 0.866. The molecule has 0 aliphatic carbocycles. The first-order valence-corrected chi connectivity index (χ1v) is 6.80. The minimum absolute atomic E-state index is 0.0986. The van der Waals surface area contributed by atoms with Crippen molar-refractivity contribution in [1.29, 1.82) is 0 Å². The van der Waals surface area contributed by atoms with Gasteiger partial charge in [0.25, 0.3) is 0 Å². The summed E-state index contributed by atoms with van der Waals surface area (Å²) in [4.78, 5) is 26.1. The highest BCUT2D eigenvalue weighted by Crippen LogP contribution is 2.27. The van der Waals surface area contributed by atoms with Gasteiger partial charge in [0.1, 0.15) is 17.1 Å². The van der Waals surface area contributed by atoms with Gasteiger partial charge in [-0.2, -0.15) is 0 Å². The maximum atomic E-state index is 12.9. The van der Waals surface area contributed by atoms with Gasteiger partial charge in [0.05, 0.1) is 4.88 Å². The Bertz CT molecular complexity index is 680. The summed E-state index contributed by atoms with van der Waals surface area (Å²) in [5.74, 6) is -0.981. The highest BCUT2D eigenvalue weighted by Gasteiger charge is 2.23. The van der Waals surface area contributed by atoms with E-state index in [0.29, 0.717) is 10.4 Å². The van der Waals surface area contributed by atoms with E-state index in [0.717, 1.165) is 11.3 Å². The topological polar surface area (TPSA) is 59.2 Å². The summed E-state index contributed by atoms with van der Waals surface area (Å²) in [6.07, 6.45) is 0. The van der Waals surface area contributed by atoms with Gasteiger partial charge < -0.3 is 9.72 Å². The van der Waals surface area contributed by atoms with Gasteiger partial charge in [-0.3, -0.25) is 4.79 Å². The van der Waals surface area contributed by atoms with Crippen LogP contribution in [0.3, 0.4) is 0 Å². The average molecular weight is 295 g/mol. The van der Waals surface area contributed by atoms with E-state index in [-0.39, 0.29) is 16.4 Å². The van der Waals surface area contributed by atoms with E-state index >= 15 is 0 Å². The molecule has 0 unspecified atom stereocenters. The van der Waals surface area contributed by atoms with Crippen molar-refractivity contribution in [2.75, 3.05) is 0 Å². The molecule has 0 aliphatic rings. The molecule has 0 saturated carbocycles. The summed E-state index contributed by atoms with van der Waals surface area (Å²) < 4.78 is 18.2. The number of hydrogen-bond acceptors (Lipinski definition) is 4. The van der Waals surface area contributed by atoms with Crippen LogP contribution in [0.4, 0.5) is 4.39 Å². The van der Waals surface area contributed by atoms with Crippen molar-refractivity contribution in [2.24, 2.45) is 0 Å². The number of nitrogens with one attached hydrogen (secondary N) is 1. The van der Waals surface area contributed by atoms with Crippen molar-refractivity contribution >= 4 is 17.3 Å². The fourth-order valence-electron chi connectivity index (χ4n) is 1.61. The minimum Gasteiger partial charge on any atom is -0.455 e. The lowest BCUT2D eigenvalue weighted by molar-refractivity contribution is 0.00644. The smallest absolute Gasteiger partial charge is 0.356 e. The number of ether oxygens (including phenoxy) is 1. The molecule has 1 heterocycles. The standard InChI is InChI=1S/C14H14FNO3S/c1-14(2,3)19-12(17)10-11(20-13(18)16-10)8-4-6-9(15)7-5-8/h4-7H,1-3H3,(H,16,18). The van der Waals surface area contributed by atoms with Crippen molar-refractivity contribution in [2.45, 2.75) is 26.4 Å². The SMILES string of the molecule is CC(C)(C)OC(=O)c1[nH]c(=O)sc1-c1ccc(F)cc1. The van der Waals surface area contributed by atoms with Crippen LogP contribution in [-0.4, -0.2) is 16.6 Å². The maximum absolute atomic E-state index is 12.9. The van der Waals surface area contributed by atoms with Crippen molar-refractivity contribution in [3.8, 4) is 10.4 Å². The second-order valence-electron chi connectivity index (χ2n) is 5.23. The number of thiazole rings is 1. The monoisotopic (exact) mass is 295 g/mol. The van der Waals surface area contributed by atoms with Crippen molar-refractivity contribution < 1.29 is 13.9 Å². The molecule has 4 nitrogen and oxygen atoms in total. The maximum Gasteiger partial charge on any atom is 0.356 e. The van der Waals surface area contributed by atoms with Crippen LogP contribution < -0.4 is 4.87 Å². The van der Waals surface area contributed by atoms with Gasteiger partial charge in [-0.05, 0) is 38.5 Å². The molecule has 2 rings (SSSR count). The molecule has 106 valence electrons. The number of carbonyl (C=O) groups is 1. The Balaban J connectivity index is 2.43. The Morgan fingerprint density at radius 1 is 1.25 bits per heavy atom. The number of H-pyrrole nitrogens is 1. The molecule has 0 atom stereocenters. The number of aromatic amines is 1. The summed E-state index contributed by atoms with van der Waals surface area (Å²) in [6.45, 7) is 5.23. The lowest BCUT2D eigenvalue weighted by Crippen LogP contribution is -2.24. The van der Waals surface area contributed by atoms with Crippen molar-refractivity contribution in [3.05, 3.63) is 45.4 Å². The largest absolute Gasteiger partial charge is 0.455 e. The first kappa shape index (κ1) is 14.5. The van der Waals surface area contributed by atoms with E-state index in [9.17, 15) is 14.0 Å². The summed E-state index contributed by atoms with van der Waals surface area (Å²) in [7, 11) is 0. The Morgan fingerprint density at radius 3 is 2.40 bits per heavy atom. The predicted molar refractivity (Wildman–Crippen MR) is 75.5 cm³/mol. The van der Waals surface area contributed by atoms with Crippen molar-refractivity contribution in [1.82, 2.24) is 4.98 Å². The first-order valence-electron chi connectivity index (χ1n) is 5.99. The van der Waals surface area contributed by atoms with Crippen LogP contribution in [0.15, 0.2) is 29.1 Å². The lowest BCUT2D eigenvalue weighted by atomic mass is 10.1. The van der Waals surface area contributed by atoms with Crippen LogP contribution in [0, 0.1) is 5.82 Å². The molecule has 2 aromatic rings. The van der Waals surface area contributed by atoms with E-state index in [1.807, 2.05) is 0 Å². The molecule has 0 saturated heterocycles. The van der Waals surface area contributed by atoms with Gasteiger partial charge in [0.2, 0.25) is 0 Å². The van der Waals surface area contributed by atoms with E-state index in [1.54, 1.807) is 20.8 Å². The number of carbonyl (C=O) groups excluding carboxylic acids is 1. The van der Waals surface area contributed by atoms with Crippen LogP contribution in [0.1, 0.15) is 31.3 Å². The zero-order valence-corrected chi connectivity index (χ0v) is 12.1. The molecule has 20 heavy (non-hydrogen) atoms. The number of esters is 1. The number of benzene rings is 1. The van der Waals surface area contributed by atoms with E-state index in [2.05, 4.69) is 4.98 Å². The van der Waals surface area contributed by atoms with Crippen LogP contribution in [0.5, 0.6) is 0 Å². The van der Waals surface area contributed by atoms with E-state index < -0.39 is 11.6 Å². The second kappa shape index (κ2) is 5.20. The Hall–Kier alpha value is -1.95. The van der Waals surface area contributed by atoms with Gasteiger partial charge in [0.15, 0.2) is 0 Å². The molecule has 0 radical (unpaired) electrons. The number of halogens is 1. The highest BCUT2D eigenvalue weighted by atomic mass is 32.1. The fourth-order valence-corrected chi connectivity index (χ4v) is 2.43. The predicted octanol–water partition coefficient (Wildman–Crippen LogP) is 3.20. The Morgan fingerprint density at radius 2 is 1.85 bits per heavy atom. The lowest BCUT2D eigenvalue weighted by Gasteiger charge is -2.19. The Labute approximate surface area is 119 Å². The van der Waals surface area contributed by atoms with Crippen LogP contribution in [-0.2, 0) is 4.74 Å². The third-order valence-electron chi connectivity index (χ3n) is 2.36. The molecule has 0 aliphatic heterocycles. The molecule has 0 fully saturated rings. The van der Waals surface area contributed by atoms with E-state index in [1.165, 1.54) is 24.3 Å². The summed E-state index contributed by atoms with van der Waals surface area (Å²) in [6, 6.07) is 5.58. The molecule has 0 spiro atoms. The number of hydrogen-bond donors (Lipinski definition) is 1. The molecule has 0 bridgehead atoms. The van der Waals surface area contributed by atoms with Crippen LogP contribution in [0.25, 0.3) is 10.4 Å². The minimum atomic E-state index is -0.657. The summed E-state index contributed by atoms with van der Waals surface area (Å²) >= 11 is 0.893. The fraction of sp³-hybridized carbons (Fsp3) is 0.286. The number of rotatable bonds is 2. The Kier molecular flexibility index (Phi) is 3.76. The normalized spacial score (nSPS) is 11.4. The van der Waals surface area contributed by atoms with Gasteiger partial charge in [-0.25, -0.2) is 9.18 Å². The zero-order chi connectivity index (χ0) is 14.9. The molecule has 0 amide bonds. The zero-order valence-electron chi connectivity index (χ0n) is 11.3. The third-order valence-corrected chi connectivity index (χ3v) is 3.29. The van der Waals surface area contributed by atoms with Gasteiger partial charge in [0, 0.05) is 0 Å². The van der Waals surface area contributed by atoms with Crippen LogP contribution >= 0.6 is 11.3 Å². The molecular weight excluding hydrogens is 281 g/mol. The van der Waals surface area contributed by atoms with Crippen LogP contribution in [0.2, 0.25) is 0 Å². The molecular formula is C14H14FNO3S. The van der Waals surface area contributed by atoms with Gasteiger partial charge in [-0.1, -0.05) is 23.5 Å². The third kappa shape index (κ3) is 3.33. The van der Waals surface area contributed by atoms with Crippen molar-refractivity contribution in [3.63, 3.8) is 0 Å². The average Bonchev–Trinajstić information content (AvgIpc) is 2.70. The molecule has 1 aromatic heterocycles. The van der Waals surface area contributed by atoms with E-state index in [4.69, 9.17) is 4.74 Å². The number of aromatic nitrogens is 1. The second-order valence-corrected chi connectivity index (χ2v) is 6.21. The molecule has 6 heteroatoms. The highest BCUT2D eigenvalue weighted by molar-refractivity contribution is 7.13. The summed E-state index contributed by atoms with van der Waals surface area (Å²) in [5, 5.41) is 0. The molecule has 1 aromatic carbocycles. The van der Waals surface area contributed by atoms with Gasteiger partial charge in [-0.15, -0.1) is 0 Å². The van der Waals surface area contributed by atoms with Gasteiger partial charge >= 0.3 is 10.8 Å². The summed E-state index contributed by atoms with van der Waals surface area (Å²) in [5.41, 5.74) is 0.0350. The first-order chi connectivity index (χ1) is 9.26.